The zero-order chi connectivity index (χ0) is 9.40. The van der Waals surface area contributed by atoms with Crippen LogP contribution in [0.2, 0.25) is 0 Å². The van der Waals surface area contributed by atoms with Gasteiger partial charge >= 0.3 is 0 Å². The molecule has 1 aromatic rings. The average Bonchev–Trinajstić information content (AvgIpc) is 2.06. The van der Waals surface area contributed by atoms with Gasteiger partial charge in [-0.1, -0.05) is 6.07 Å². The average molecular weight is 162 g/mol. The third-order valence-electron chi connectivity index (χ3n) is 0.975. The van der Waals surface area contributed by atoms with Gasteiger partial charge in [0.05, 0.1) is 11.6 Å². The van der Waals surface area contributed by atoms with E-state index in [4.69, 9.17) is 20.6 Å². The molecule has 0 saturated carbocycles. The van der Waals surface area contributed by atoms with Crippen LogP contribution in [0.15, 0.2) is 24.3 Å². The summed E-state index contributed by atoms with van der Waals surface area (Å²) < 4.78 is 0. The highest BCUT2D eigenvalue weighted by Crippen LogP contribution is 2.08. The molecule has 0 bridgehead atoms. The van der Waals surface area contributed by atoms with Gasteiger partial charge in [-0.2, -0.15) is 5.26 Å². The van der Waals surface area contributed by atoms with E-state index in [1.807, 2.05) is 6.07 Å². The largest absolute Gasteiger partial charge is 0.508 e. The van der Waals surface area contributed by atoms with Crippen LogP contribution >= 0.6 is 0 Å². The predicted molar refractivity (Wildman–Crippen MR) is 41.2 cm³/mol. The minimum atomic E-state index is 0.133. The van der Waals surface area contributed by atoms with Gasteiger partial charge in [-0.15, -0.1) is 0 Å². The van der Waals surface area contributed by atoms with E-state index in [0.29, 0.717) is 5.56 Å². The van der Waals surface area contributed by atoms with E-state index in [-0.39, 0.29) is 5.75 Å². The summed E-state index contributed by atoms with van der Waals surface area (Å²) in [7, 11) is 0. The Balaban J connectivity index is 0.000000354. The van der Waals surface area contributed by atoms with Gasteiger partial charge < -0.3 is 5.11 Å². The number of benzene rings is 1. The molecule has 60 valence electrons. The molecule has 0 saturated heterocycles. The van der Waals surface area contributed by atoms with Crippen molar-refractivity contribution in [3.05, 3.63) is 29.8 Å². The first-order valence-electron chi connectivity index (χ1n) is 2.97. The van der Waals surface area contributed by atoms with E-state index in [2.05, 4.69) is 0 Å². The van der Waals surface area contributed by atoms with Crippen LogP contribution in [0.25, 0.3) is 0 Å². The molecule has 0 heterocycles. The molecule has 4 heteroatoms. The van der Waals surface area contributed by atoms with Gasteiger partial charge in [0.25, 0.3) is 0 Å². The van der Waals surface area contributed by atoms with Gasteiger partial charge in [0.1, 0.15) is 5.75 Å². The monoisotopic (exact) mass is 162 g/mol. The van der Waals surface area contributed by atoms with Crippen molar-refractivity contribution in [2.75, 3.05) is 0 Å². The Labute approximate surface area is 69.2 Å². The molecular formula is C8H6N2O2. The van der Waals surface area contributed by atoms with Gasteiger partial charge in [0.2, 0.25) is 6.08 Å². The van der Waals surface area contributed by atoms with E-state index in [1.165, 1.54) is 12.1 Å². The molecule has 0 spiro atoms. The highest BCUT2D eigenvalue weighted by Gasteiger charge is 1.88. The SMILES string of the molecule is N#Cc1cccc(O)c1.N=C=O. The molecule has 0 aliphatic heterocycles. The molecule has 4 nitrogen and oxygen atoms in total. The summed E-state index contributed by atoms with van der Waals surface area (Å²) >= 11 is 0. The van der Waals surface area contributed by atoms with E-state index >= 15 is 0 Å². The lowest BCUT2D eigenvalue weighted by Crippen LogP contribution is -1.69. The fourth-order valence-corrected chi connectivity index (χ4v) is 0.575. The summed E-state index contributed by atoms with van der Waals surface area (Å²) in [6, 6.07) is 8.12. The summed E-state index contributed by atoms with van der Waals surface area (Å²) in [5.74, 6) is 0.133. The van der Waals surface area contributed by atoms with Crippen LogP contribution in [0.4, 0.5) is 0 Å². The lowest BCUT2D eigenvalue weighted by molar-refractivity contribution is 0.475. The van der Waals surface area contributed by atoms with Crippen molar-refractivity contribution < 1.29 is 9.90 Å². The van der Waals surface area contributed by atoms with E-state index in [0.717, 1.165) is 6.08 Å². The molecule has 0 fully saturated rings. The third-order valence-corrected chi connectivity index (χ3v) is 0.975. The maximum absolute atomic E-state index is 8.79. The van der Waals surface area contributed by atoms with Crippen LogP contribution in [0.1, 0.15) is 5.56 Å². The summed E-state index contributed by atoms with van der Waals surface area (Å²) in [6.07, 6.45) is 0.750. The summed E-state index contributed by atoms with van der Waals surface area (Å²) in [5.41, 5.74) is 0.481. The summed E-state index contributed by atoms with van der Waals surface area (Å²) in [6.45, 7) is 0. The number of hydrogen-bond acceptors (Lipinski definition) is 4. The molecule has 0 unspecified atom stereocenters. The van der Waals surface area contributed by atoms with Gasteiger partial charge in [0.15, 0.2) is 0 Å². The second-order valence-electron chi connectivity index (χ2n) is 1.76. The fourth-order valence-electron chi connectivity index (χ4n) is 0.575. The van der Waals surface area contributed by atoms with Crippen molar-refractivity contribution in [2.45, 2.75) is 0 Å². The van der Waals surface area contributed by atoms with Crippen LogP contribution in [-0.4, -0.2) is 11.2 Å². The molecule has 0 aliphatic rings. The van der Waals surface area contributed by atoms with Crippen LogP contribution in [0.3, 0.4) is 0 Å². The first-order valence-corrected chi connectivity index (χ1v) is 2.97. The minimum absolute atomic E-state index is 0.133. The van der Waals surface area contributed by atoms with Gasteiger partial charge in [-0.25, -0.2) is 10.2 Å². The van der Waals surface area contributed by atoms with E-state index < -0.39 is 0 Å². The second kappa shape index (κ2) is 5.66. The number of nitrogens with one attached hydrogen (secondary N) is 1. The summed E-state index contributed by atoms with van der Waals surface area (Å²) in [4.78, 5) is 8.35. The number of phenols is 1. The molecular weight excluding hydrogens is 156 g/mol. The van der Waals surface area contributed by atoms with Crippen molar-refractivity contribution in [1.82, 2.24) is 0 Å². The highest BCUT2D eigenvalue weighted by molar-refractivity contribution is 5.35. The molecule has 0 radical (unpaired) electrons. The highest BCUT2D eigenvalue weighted by atomic mass is 16.3. The fraction of sp³-hybridized carbons (Fsp3) is 0. The normalized spacial score (nSPS) is 6.92. The van der Waals surface area contributed by atoms with E-state index in [9.17, 15) is 0 Å². The lowest BCUT2D eigenvalue weighted by atomic mass is 10.2. The molecule has 0 amide bonds. The Hall–Kier alpha value is -2.11. The molecule has 12 heavy (non-hydrogen) atoms. The second-order valence-corrected chi connectivity index (χ2v) is 1.76. The minimum Gasteiger partial charge on any atom is -0.508 e. The van der Waals surface area contributed by atoms with Crippen molar-refractivity contribution >= 4 is 6.08 Å². The van der Waals surface area contributed by atoms with Crippen molar-refractivity contribution in [3.8, 4) is 11.8 Å². The van der Waals surface area contributed by atoms with Crippen molar-refractivity contribution in [3.63, 3.8) is 0 Å². The number of hydrogen-bond donors (Lipinski definition) is 2. The van der Waals surface area contributed by atoms with E-state index in [1.54, 1.807) is 12.1 Å². The number of rotatable bonds is 0. The molecule has 2 N–H and O–H groups in total. The molecule has 0 aromatic heterocycles. The third kappa shape index (κ3) is 3.83. The Kier molecular flexibility index (Phi) is 4.66. The molecule has 0 aliphatic carbocycles. The Morgan fingerprint density at radius 2 is 2.08 bits per heavy atom. The topological polar surface area (TPSA) is 84.9 Å². The quantitative estimate of drug-likeness (QED) is 0.443. The number of aromatic hydroxyl groups is 1. The Bertz CT molecular complexity index is 322. The standard InChI is InChI=1S/C7H5NO.CHNO/c8-5-6-2-1-3-7(9)4-6;2-1-3/h1-4,9H;2H. The van der Waals surface area contributed by atoms with Crippen LogP contribution < -0.4 is 0 Å². The number of carbonyl (C=O) groups excluding carboxylic acids is 1. The zero-order valence-corrected chi connectivity index (χ0v) is 6.11. The van der Waals surface area contributed by atoms with Crippen molar-refractivity contribution in [1.29, 1.82) is 10.7 Å². The van der Waals surface area contributed by atoms with Gasteiger partial charge in [-0.05, 0) is 18.2 Å². The smallest absolute Gasteiger partial charge is 0.231 e. The first kappa shape index (κ1) is 9.89. The van der Waals surface area contributed by atoms with Crippen LogP contribution in [-0.2, 0) is 4.79 Å². The summed E-state index contributed by atoms with van der Waals surface area (Å²) in [5, 5.41) is 22.5. The predicted octanol–water partition coefficient (Wildman–Crippen LogP) is 1.16. The van der Waals surface area contributed by atoms with Gasteiger partial charge in [-0.3, -0.25) is 0 Å². The number of phenolic OH excluding ortho intramolecular Hbond substituents is 1. The number of nitriles is 1. The van der Waals surface area contributed by atoms with Gasteiger partial charge in [0, 0.05) is 0 Å². The van der Waals surface area contributed by atoms with Crippen LogP contribution in [0, 0.1) is 16.7 Å². The van der Waals surface area contributed by atoms with Crippen LogP contribution in [0.5, 0.6) is 5.75 Å². The molecule has 1 aromatic carbocycles. The van der Waals surface area contributed by atoms with Crippen molar-refractivity contribution in [2.24, 2.45) is 0 Å². The maximum Gasteiger partial charge on any atom is 0.231 e. The number of isocyanates is 1. The number of nitrogens with zero attached hydrogens (tertiary/aromatic N) is 1. The molecule has 1 rings (SSSR count). The Morgan fingerprint density at radius 1 is 1.50 bits per heavy atom. The molecule has 0 atom stereocenters. The lowest BCUT2D eigenvalue weighted by Gasteiger charge is -1.87. The zero-order valence-electron chi connectivity index (χ0n) is 6.11. The first-order chi connectivity index (χ1) is 5.74. The maximum atomic E-state index is 8.79. The Morgan fingerprint density at radius 3 is 2.42 bits per heavy atom.